The summed E-state index contributed by atoms with van der Waals surface area (Å²) in [4.78, 5) is 28.0. The third-order valence-corrected chi connectivity index (χ3v) is 5.21. The first kappa shape index (κ1) is 19.3. The Labute approximate surface area is 173 Å². The molecule has 0 aliphatic rings. The maximum atomic E-state index is 12.0. The van der Waals surface area contributed by atoms with Crippen LogP contribution in [-0.4, -0.2) is 27.1 Å². The Balaban J connectivity index is 1.72. The van der Waals surface area contributed by atoms with Gasteiger partial charge in [-0.2, -0.15) is 0 Å². The van der Waals surface area contributed by atoms with Crippen molar-refractivity contribution in [3.8, 4) is 11.1 Å². The zero-order valence-corrected chi connectivity index (χ0v) is 16.3. The number of fused-ring (bicyclic) bond motifs is 1. The molecule has 1 heterocycles. The van der Waals surface area contributed by atoms with Crippen LogP contribution in [0.1, 0.15) is 37.4 Å². The number of hydrogen-bond acceptors (Lipinski definition) is 3. The minimum atomic E-state index is -0.974. The van der Waals surface area contributed by atoms with Crippen molar-refractivity contribution < 1.29 is 19.8 Å². The molecular weight excluding hydrogens is 378 g/mol. The lowest BCUT2D eigenvalue weighted by molar-refractivity contribution is 0.0687. The van der Waals surface area contributed by atoms with Crippen molar-refractivity contribution in [2.45, 2.75) is 13.3 Å². The van der Waals surface area contributed by atoms with E-state index in [9.17, 15) is 19.8 Å². The Morgan fingerprint density at radius 2 is 1.60 bits per heavy atom. The van der Waals surface area contributed by atoms with Crippen molar-refractivity contribution >= 4 is 22.8 Å². The van der Waals surface area contributed by atoms with Gasteiger partial charge in [0.2, 0.25) is 0 Å². The van der Waals surface area contributed by atoms with Crippen molar-refractivity contribution in [2.75, 3.05) is 0 Å². The van der Waals surface area contributed by atoms with E-state index in [1.807, 2.05) is 49.4 Å². The minimum absolute atomic E-state index is 0.243. The fraction of sp³-hybridized carbons (Fsp3) is 0.0800. The number of benzene rings is 3. The molecule has 30 heavy (non-hydrogen) atoms. The Bertz CT molecular complexity index is 1280. The third kappa shape index (κ3) is 3.53. The van der Waals surface area contributed by atoms with Gasteiger partial charge >= 0.3 is 11.9 Å². The van der Waals surface area contributed by atoms with E-state index in [1.165, 1.54) is 0 Å². The van der Waals surface area contributed by atoms with Crippen LogP contribution in [0.3, 0.4) is 0 Å². The van der Waals surface area contributed by atoms with Gasteiger partial charge in [0.05, 0.1) is 16.6 Å². The first-order valence-electron chi connectivity index (χ1n) is 9.48. The molecule has 5 heteroatoms. The summed E-state index contributed by atoms with van der Waals surface area (Å²) >= 11 is 0. The number of aromatic carboxylic acids is 2. The number of hydrogen-bond donors (Lipinski definition) is 2. The summed E-state index contributed by atoms with van der Waals surface area (Å²) in [6.07, 6.45) is 2.04. The lowest BCUT2D eigenvalue weighted by Gasteiger charge is -2.12. The maximum Gasteiger partial charge on any atom is 0.336 e. The molecule has 0 fully saturated rings. The molecule has 0 saturated carbocycles. The van der Waals surface area contributed by atoms with Crippen LogP contribution in [0.25, 0.3) is 22.0 Å². The lowest BCUT2D eigenvalue weighted by Crippen LogP contribution is -2.06. The van der Waals surface area contributed by atoms with Gasteiger partial charge in [0.25, 0.3) is 0 Å². The van der Waals surface area contributed by atoms with Crippen LogP contribution in [0.2, 0.25) is 0 Å². The number of nitrogens with zero attached hydrogens (tertiary/aromatic N) is 1. The molecule has 5 nitrogen and oxygen atoms in total. The highest BCUT2D eigenvalue weighted by atomic mass is 16.4. The van der Waals surface area contributed by atoms with Gasteiger partial charge in [-0.3, -0.25) is 4.98 Å². The molecule has 3 aromatic carbocycles. The SMILES string of the molecule is Cc1cccc2ncc(Cc3ccc(-c4ccccc4C(=O)O)cc3)c(C(=O)O)c12. The summed E-state index contributed by atoms with van der Waals surface area (Å²) in [5.41, 5.74) is 5.06. The zero-order valence-electron chi connectivity index (χ0n) is 16.3. The van der Waals surface area contributed by atoms with Crippen LogP contribution in [0.4, 0.5) is 0 Å². The summed E-state index contributed by atoms with van der Waals surface area (Å²) in [6.45, 7) is 1.88. The summed E-state index contributed by atoms with van der Waals surface area (Å²) in [5.74, 6) is -1.95. The number of carboxylic acid groups (broad SMARTS) is 2. The van der Waals surface area contributed by atoms with E-state index in [-0.39, 0.29) is 11.1 Å². The molecule has 4 aromatic rings. The van der Waals surface area contributed by atoms with Gasteiger partial charge in [-0.15, -0.1) is 0 Å². The average molecular weight is 397 g/mol. The first-order valence-corrected chi connectivity index (χ1v) is 9.48. The molecule has 0 saturated heterocycles. The number of pyridine rings is 1. The number of carboxylic acids is 2. The van der Waals surface area contributed by atoms with E-state index in [4.69, 9.17) is 0 Å². The molecule has 2 N–H and O–H groups in total. The predicted octanol–water partition coefficient (Wildman–Crippen LogP) is 5.20. The summed E-state index contributed by atoms with van der Waals surface area (Å²) in [5, 5.41) is 19.9. The van der Waals surface area contributed by atoms with Crippen molar-refractivity contribution in [3.05, 3.63) is 101 Å². The second kappa shape index (κ2) is 7.79. The van der Waals surface area contributed by atoms with Crippen LogP contribution < -0.4 is 0 Å². The van der Waals surface area contributed by atoms with E-state index in [0.29, 0.717) is 28.5 Å². The minimum Gasteiger partial charge on any atom is -0.478 e. The Kier molecular flexibility index (Phi) is 5.02. The second-order valence-corrected chi connectivity index (χ2v) is 7.16. The molecule has 1 aromatic heterocycles. The van der Waals surface area contributed by atoms with Crippen LogP contribution in [-0.2, 0) is 6.42 Å². The van der Waals surface area contributed by atoms with E-state index in [1.54, 1.807) is 30.5 Å². The quantitative estimate of drug-likeness (QED) is 0.483. The highest BCUT2D eigenvalue weighted by molar-refractivity contribution is 6.05. The molecule has 148 valence electrons. The number of rotatable bonds is 5. The van der Waals surface area contributed by atoms with Crippen LogP contribution in [0, 0.1) is 6.92 Å². The Hall–Kier alpha value is -3.99. The van der Waals surface area contributed by atoms with E-state index in [0.717, 1.165) is 16.7 Å². The van der Waals surface area contributed by atoms with E-state index < -0.39 is 11.9 Å². The van der Waals surface area contributed by atoms with Gasteiger partial charge in [-0.1, -0.05) is 54.6 Å². The molecule has 4 rings (SSSR count). The standard InChI is InChI=1S/C25H19NO4/c1-15-5-4-8-21-22(15)23(25(29)30)18(14-26-21)13-16-9-11-17(12-10-16)19-6-2-3-7-20(19)24(27)28/h2-12,14H,13H2,1H3,(H,27,28)(H,29,30). The van der Waals surface area contributed by atoms with Crippen LogP contribution in [0.5, 0.6) is 0 Å². The third-order valence-electron chi connectivity index (χ3n) is 5.21. The van der Waals surface area contributed by atoms with Gasteiger partial charge in [0.1, 0.15) is 0 Å². The van der Waals surface area contributed by atoms with Gasteiger partial charge in [0, 0.05) is 11.6 Å². The van der Waals surface area contributed by atoms with Crippen molar-refractivity contribution in [2.24, 2.45) is 0 Å². The summed E-state index contributed by atoms with van der Waals surface area (Å²) in [7, 11) is 0. The highest BCUT2D eigenvalue weighted by Crippen LogP contribution is 2.28. The van der Waals surface area contributed by atoms with Crippen molar-refractivity contribution in [1.82, 2.24) is 4.98 Å². The lowest BCUT2D eigenvalue weighted by atomic mass is 9.94. The van der Waals surface area contributed by atoms with Crippen molar-refractivity contribution in [1.29, 1.82) is 0 Å². The van der Waals surface area contributed by atoms with E-state index in [2.05, 4.69) is 4.98 Å². The molecular formula is C25H19NO4. The molecule has 0 unspecified atom stereocenters. The largest absolute Gasteiger partial charge is 0.478 e. The number of aryl methyl sites for hydroxylation is 1. The Morgan fingerprint density at radius 3 is 2.30 bits per heavy atom. The molecule has 0 spiro atoms. The second-order valence-electron chi connectivity index (χ2n) is 7.16. The smallest absolute Gasteiger partial charge is 0.336 e. The van der Waals surface area contributed by atoms with Gasteiger partial charge in [0.15, 0.2) is 0 Å². The van der Waals surface area contributed by atoms with Crippen molar-refractivity contribution in [3.63, 3.8) is 0 Å². The van der Waals surface area contributed by atoms with Gasteiger partial charge in [-0.05, 0) is 53.3 Å². The number of aromatic nitrogens is 1. The molecule has 0 atom stereocenters. The average Bonchev–Trinajstić information content (AvgIpc) is 2.74. The zero-order chi connectivity index (χ0) is 21.3. The molecule has 0 bridgehead atoms. The monoisotopic (exact) mass is 397 g/mol. The molecule has 0 radical (unpaired) electrons. The Morgan fingerprint density at radius 1 is 0.867 bits per heavy atom. The molecule has 0 amide bonds. The summed E-state index contributed by atoms with van der Waals surface area (Å²) in [6, 6.07) is 19.9. The van der Waals surface area contributed by atoms with Crippen LogP contribution in [0.15, 0.2) is 72.9 Å². The van der Waals surface area contributed by atoms with Crippen LogP contribution >= 0.6 is 0 Å². The van der Waals surface area contributed by atoms with E-state index >= 15 is 0 Å². The maximum absolute atomic E-state index is 12.0. The highest BCUT2D eigenvalue weighted by Gasteiger charge is 2.17. The topological polar surface area (TPSA) is 87.5 Å². The van der Waals surface area contributed by atoms with Gasteiger partial charge < -0.3 is 10.2 Å². The number of carbonyl (C=O) groups is 2. The fourth-order valence-corrected chi connectivity index (χ4v) is 3.78. The first-order chi connectivity index (χ1) is 14.5. The fourth-order valence-electron chi connectivity index (χ4n) is 3.78. The predicted molar refractivity (Wildman–Crippen MR) is 115 cm³/mol. The van der Waals surface area contributed by atoms with Gasteiger partial charge in [-0.25, -0.2) is 9.59 Å². The molecule has 0 aliphatic carbocycles. The molecule has 0 aliphatic heterocycles. The normalized spacial score (nSPS) is 10.8. The summed E-state index contributed by atoms with van der Waals surface area (Å²) < 4.78 is 0.